The van der Waals surface area contributed by atoms with Crippen molar-refractivity contribution in [2.24, 2.45) is 0 Å². The minimum Gasteiger partial charge on any atom is -0.458 e. The molecule has 6 heteroatoms. The van der Waals surface area contributed by atoms with Gasteiger partial charge in [0.2, 0.25) is 5.76 Å². The fourth-order valence-electron chi connectivity index (χ4n) is 0.864. The zero-order valence-electron chi connectivity index (χ0n) is 8.98. The third kappa shape index (κ3) is 3.19. The smallest absolute Gasteiger partial charge is 0.374 e. The standard InChI is InChI=1S/C9H14O5Si/c1-11-15(3,12-2)7-14-9(10)8-5-4-6-13-8/h4-6H,7H2,1-3H3. The second-order valence-corrected chi connectivity index (χ2v) is 6.47. The van der Waals surface area contributed by atoms with Crippen LogP contribution in [0.25, 0.3) is 0 Å². The van der Waals surface area contributed by atoms with Gasteiger partial charge in [0.05, 0.1) is 6.26 Å². The molecule has 1 aromatic heterocycles. The van der Waals surface area contributed by atoms with E-state index in [1.807, 2.05) is 6.55 Å². The average molecular weight is 230 g/mol. The second kappa shape index (κ2) is 5.10. The molecule has 0 amide bonds. The Bertz CT molecular complexity index is 304. The van der Waals surface area contributed by atoms with E-state index >= 15 is 0 Å². The van der Waals surface area contributed by atoms with Crippen molar-refractivity contribution in [1.82, 2.24) is 0 Å². The lowest BCUT2D eigenvalue weighted by molar-refractivity contribution is 0.0482. The molecule has 0 atom stereocenters. The summed E-state index contributed by atoms with van der Waals surface area (Å²) >= 11 is 0. The maximum Gasteiger partial charge on any atom is 0.374 e. The van der Waals surface area contributed by atoms with E-state index in [2.05, 4.69) is 0 Å². The molecule has 1 aromatic rings. The molecule has 0 aliphatic heterocycles. The Labute approximate surface area is 89.2 Å². The van der Waals surface area contributed by atoms with Crippen molar-refractivity contribution in [3.63, 3.8) is 0 Å². The lowest BCUT2D eigenvalue weighted by atomic mass is 10.5. The van der Waals surface area contributed by atoms with E-state index in [1.54, 1.807) is 12.1 Å². The molecule has 0 N–H and O–H groups in total. The van der Waals surface area contributed by atoms with Gasteiger partial charge in [-0.2, -0.15) is 0 Å². The molecule has 0 bridgehead atoms. The lowest BCUT2D eigenvalue weighted by Crippen LogP contribution is -2.42. The van der Waals surface area contributed by atoms with Gasteiger partial charge in [0, 0.05) is 14.2 Å². The zero-order chi connectivity index (χ0) is 11.3. The predicted octanol–water partition coefficient (Wildman–Crippen LogP) is 1.34. The van der Waals surface area contributed by atoms with Gasteiger partial charge in [-0.25, -0.2) is 4.79 Å². The van der Waals surface area contributed by atoms with Crippen molar-refractivity contribution in [2.75, 3.05) is 20.4 Å². The maximum atomic E-state index is 11.4. The monoisotopic (exact) mass is 230 g/mol. The number of hydrogen-bond donors (Lipinski definition) is 0. The number of esters is 1. The quantitative estimate of drug-likeness (QED) is 0.564. The summed E-state index contributed by atoms with van der Waals surface area (Å²) < 4.78 is 20.2. The molecule has 0 spiro atoms. The fraction of sp³-hybridized carbons (Fsp3) is 0.444. The Kier molecular flexibility index (Phi) is 4.07. The Morgan fingerprint density at radius 2 is 2.13 bits per heavy atom. The minimum absolute atomic E-state index is 0.138. The molecule has 0 unspecified atom stereocenters. The van der Waals surface area contributed by atoms with Crippen molar-refractivity contribution < 1.29 is 22.8 Å². The summed E-state index contributed by atoms with van der Waals surface area (Å²) in [6.07, 6.45) is 1.55. The third-order valence-electron chi connectivity index (χ3n) is 2.05. The molecule has 0 aromatic carbocycles. The van der Waals surface area contributed by atoms with E-state index in [1.165, 1.54) is 20.5 Å². The molecule has 5 nitrogen and oxygen atoms in total. The van der Waals surface area contributed by atoms with E-state index in [9.17, 15) is 4.79 Å². The molecule has 0 aliphatic carbocycles. The first-order valence-electron chi connectivity index (χ1n) is 4.42. The summed E-state index contributed by atoms with van der Waals surface area (Å²) in [5.41, 5.74) is 0. The molecule has 0 fully saturated rings. The van der Waals surface area contributed by atoms with Crippen molar-refractivity contribution in [3.05, 3.63) is 24.2 Å². The van der Waals surface area contributed by atoms with Gasteiger partial charge in [-0.1, -0.05) is 0 Å². The second-order valence-electron chi connectivity index (χ2n) is 3.10. The summed E-state index contributed by atoms with van der Waals surface area (Å²) in [6, 6.07) is 3.17. The van der Waals surface area contributed by atoms with Crippen LogP contribution in [0, 0.1) is 0 Å². The van der Waals surface area contributed by atoms with Crippen LogP contribution in [0.1, 0.15) is 10.6 Å². The number of carbonyl (C=O) groups is 1. The van der Waals surface area contributed by atoms with Gasteiger partial charge < -0.3 is 18.0 Å². The summed E-state index contributed by atoms with van der Waals surface area (Å²) in [5.74, 6) is -0.327. The largest absolute Gasteiger partial charge is 0.458 e. The topological polar surface area (TPSA) is 57.9 Å². The molecule has 0 saturated carbocycles. The van der Waals surface area contributed by atoms with Crippen LogP contribution in [0.3, 0.4) is 0 Å². The number of carbonyl (C=O) groups excluding carboxylic acids is 1. The first-order valence-corrected chi connectivity index (χ1v) is 6.94. The van der Waals surface area contributed by atoms with Gasteiger partial charge >= 0.3 is 14.5 Å². The van der Waals surface area contributed by atoms with E-state index in [0.29, 0.717) is 0 Å². The van der Waals surface area contributed by atoms with Crippen LogP contribution in [0.15, 0.2) is 22.8 Å². The molecule has 0 radical (unpaired) electrons. The SMILES string of the molecule is CO[Si](C)(COC(=O)c1ccco1)OC. The molecule has 1 heterocycles. The Morgan fingerprint density at radius 3 is 2.60 bits per heavy atom. The molecule has 1 rings (SSSR count). The lowest BCUT2D eigenvalue weighted by Gasteiger charge is -2.21. The van der Waals surface area contributed by atoms with E-state index in [0.717, 1.165) is 0 Å². The Balaban J connectivity index is 2.47. The molecule has 15 heavy (non-hydrogen) atoms. The van der Waals surface area contributed by atoms with E-state index in [4.69, 9.17) is 18.0 Å². The number of rotatable bonds is 5. The maximum absolute atomic E-state index is 11.4. The van der Waals surface area contributed by atoms with E-state index in [-0.39, 0.29) is 12.0 Å². The first-order chi connectivity index (χ1) is 7.11. The number of hydrogen-bond acceptors (Lipinski definition) is 5. The average Bonchev–Trinajstić information content (AvgIpc) is 2.79. The summed E-state index contributed by atoms with van der Waals surface area (Å²) in [6.45, 7) is 1.81. The van der Waals surface area contributed by atoms with Crippen LogP contribution in [0.4, 0.5) is 0 Å². The summed E-state index contributed by atoms with van der Waals surface area (Å²) in [4.78, 5) is 11.4. The van der Waals surface area contributed by atoms with Crippen molar-refractivity contribution in [2.45, 2.75) is 6.55 Å². The van der Waals surface area contributed by atoms with Gasteiger partial charge in [0.15, 0.2) is 0 Å². The third-order valence-corrected chi connectivity index (χ3v) is 4.45. The molecule has 0 saturated heterocycles. The van der Waals surface area contributed by atoms with Crippen LogP contribution < -0.4 is 0 Å². The highest BCUT2D eigenvalue weighted by Crippen LogP contribution is 2.08. The van der Waals surface area contributed by atoms with Gasteiger partial charge in [0.25, 0.3) is 0 Å². The minimum atomic E-state index is -2.36. The molecular formula is C9H14O5Si. The number of ether oxygens (including phenoxy) is 1. The van der Waals surface area contributed by atoms with Crippen LogP contribution >= 0.6 is 0 Å². The Hall–Kier alpha value is -1.11. The number of furan rings is 1. The van der Waals surface area contributed by atoms with Crippen molar-refractivity contribution in [1.29, 1.82) is 0 Å². The van der Waals surface area contributed by atoms with Crippen LogP contribution in [-0.4, -0.2) is 35.0 Å². The highest BCUT2D eigenvalue weighted by Gasteiger charge is 2.31. The summed E-state index contributed by atoms with van der Waals surface area (Å²) in [7, 11) is 0.719. The van der Waals surface area contributed by atoms with E-state index < -0.39 is 14.5 Å². The first kappa shape index (κ1) is 12.0. The van der Waals surface area contributed by atoms with Crippen molar-refractivity contribution in [3.8, 4) is 0 Å². The zero-order valence-corrected chi connectivity index (χ0v) is 9.98. The van der Waals surface area contributed by atoms with Crippen LogP contribution in [0.2, 0.25) is 6.55 Å². The van der Waals surface area contributed by atoms with Gasteiger partial charge in [-0.05, 0) is 18.7 Å². The van der Waals surface area contributed by atoms with Crippen LogP contribution in [0.5, 0.6) is 0 Å². The van der Waals surface area contributed by atoms with Gasteiger partial charge in [-0.3, -0.25) is 0 Å². The molecular weight excluding hydrogens is 216 g/mol. The summed E-state index contributed by atoms with van der Waals surface area (Å²) in [5, 5.41) is 0. The molecule has 84 valence electrons. The highest BCUT2D eigenvalue weighted by atomic mass is 28.4. The van der Waals surface area contributed by atoms with Gasteiger partial charge in [0.1, 0.15) is 6.23 Å². The molecule has 0 aliphatic rings. The van der Waals surface area contributed by atoms with Crippen LogP contribution in [-0.2, 0) is 13.6 Å². The highest BCUT2D eigenvalue weighted by molar-refractivity contribution is 6.66. The van der Waals surface area contributed by atoms with Crippen molar-refractivity contribution >= 4 is 14.5 Å². The predicted molar refractivity (Wildman–Crippen MR) is 54.6 cm³/mol. The fourth-order valence-corrected chi connectivity index (χ4v) is 1.66. The normalized spacial score (nSPS) is 11.4. The van der Waals surface area contributed by atoms with Gasteiger partial charge in [-0.15, -0.1) is 0 Å². The Morgan fingerprint density at radius 1 is 1.47 bits per heavy atom.